The van der Waals surface area contributed by atoms with Crippen LogP contribution in [-0.2, 0) is 6.42 Å². The quantitative estimate of drug-likeness (QED) is 0.857. The Labute approximate surface area is 116 Å². The van der Waals surface area contributed by atoms with E-state index in [9.17, 15) is 0 Å². The predicted octanol–water partition coefficient (Wildman–Crippen LogP) is 3.29. The average molecular weight is 265 g/mol. The molecule has 2 atom stereocenters. The maximum absolute atomic E-state index is 5.51. The zero-order valence-electron chi connectivity index (χ0n) is 12.5. The number of hydrogen-bond donors (Lipinski definition) is 1. The Morgan fingerprint density at radius 3 is 2.84 bits per heavy atom. The first kappa shape index (κ1) is 14.5. The number of rotatable bonds is 6. The van der Waals surface area contributed by atoms with Gasteiger partial charge in [-0.1, -0.05) is 38.8 Å². The fourth-order valence-corrected chi connectivity index (χ4v) is 2.87. The van der Waals surface area contributed by atoms with E-state index in [2.05, 4.69) is 36.2 Å². The Kier molecular flexibility index (Phi) is 5.37. The lowest BCUT2D eigenvalue weighted by Crippen LogP contribution is -2.37. The normalized spacial score (nSPS) is 24.0. The first-order valence-corrected chi connectivity index (χ1v) is 7.76. The fraction of sp³-hybridized carbons (Fsp3) is 0.867. The minimum absolute atomic E-state index is 0.411. The van der Waals surface area contributed by atoms with Crippen LogP contribution in [0, 0.1) is 5.92 Å². The molecule has 1 aliphatic rings. The van der Waals surface area contributed by atoms with Crippen molar-refractivity contribution in [3.05, 3.63) is 11.7 Å². The second-order valence-corrected chi connectivity index (χ2v) is 6.10. The maximum atomic E-state index is 5.51. The number of nitrogens with one attached hydrogen (secondary N) is 1. The Balaban J connectivity index is 2.02. The number of nitrogens with zero attached hydrogens (tertiary/aromatic N) is 2. The molecule has 2 unspecified atom stereocenters. The predicted molar refractivity (Wildman–Crippen MR) is 76.1 cm³/mol. The Bertz CT molecular complexity index is 375. The van der Waals surface area contributed by atoms with E-state index in [1.165, 1.54) is 32.1 Å². The summed E-state index contributed by atoms with van der Waals surface area (Å²) in [5, 5.41) is 7.77. The summed E-state index contributed by atoms with van der Waals surface area (Å²) in [6, 6.07) is 0.515. The Morgan fingerprint density at radius 2 is 2.11 bits per heavy atom. The van der Waals surface area contributed by atoms with Crippen molar-refractivity contribution in [3.8, 4) is 0 Å². The van der Waals surface area contributed by atoms with Crippen molar-refractivity contribution >= 4 is 0 Å². The van der Waals surface area contributed by atoms with Gasteiger partial charge in [-0.3, -0.25) is 0 Å². The van der Waals surface area contributed by atoms with Gasteiger partial charge in [-0.05, 0) is 31.7 Å². The zero-order valence-corrected chi connectivity index (χ0v) is 12.5. The SMILES string of the molecule is CCCNC1CCCCC1c1nc(CC(C)C)no1. The number of hydrogen-bond acceptors (Lipinski definition) is 4. The van der Waals surface area contributed by atoms with Crippen LogP contribution in [0.25, 0.3) is 0 Å². The standard InChI is InChI=1S/C15H27N3O/c1-4-9-16-13-8-6-5-7-12(13)15-17-14(18-19-15)10-11(2)3/h11-13,16H,4-10H2,1-3H3. The van der Waals surface area contributed by atoms with Gasteiger partial charge in [0.15, 0.2) is 5.82 Å². The van der Waals surface area contributed by atoms with Crippen LogP contribution in [0.5, 0.6) is 0 Å². The lowest BCUT2D eigenvalue weighted by atomic mass is 9.84. The molecule has 2 rings (SSSR count). The topological polar surface area (TPSA) is 51.0 Å². The van der Waals surface area contributed by atoms with Crippen molar-refractivity contribution in [2.45, 2.75) is 71.3 Å². The van der Waals surface area contributed by atoms with Crippen molar-refractivity contribution in [2.24, 2.45) is 5.92 Å². The second kappa shape index (κ2) is 7.04. The molecule has 1 aliphatic carbocycles. The van der Waals surface area contributed by atoms with Crippen LogP contribution in [0.3, 0.4) is 0 Å². The first-order valence-electron chi connectivity index (χ1n) is 7.76. The highest BCUT2D eigenvalue weighted by atomic mass is 16.5. The van der Waals surface area contributed by atoms with E-state index in [0.717, 1.165) is 24.7 Å². The van der Waals surface area contributed by atoms with Crippen LogP contribution >= 0.6 is 0 Å². The molecule has 0 amide bonds. The first-order chi connectivity index (χ1) is 9.20. The van der Waals surface area contributed by atoms with Crippen LogP contribution in [0.2, 0.25) is 0 Å². The van der Waals surface area contributed by atoms with Gasteiger partial charge in [0, 0.05) is 12.5 Å². The summed E-state index contributed by atoms with van der Waals surface area (Å²) in [6.45, 7) is 7.65. The third kappa shape index (κ3) is 4.03. The highest BCUT2D eigenvalue weighted by Gasteiger charge is 2.30. The van der Waals surface area contributed by atoms with Crippen LogP contribution in [0.1, 0.15) is 70.5 Å². The van der Waals surface area contributed by atoms with Gasteiger partial charge in [0.05, 0.1) is 5.92 Å². The van der Waals surface area contributed by atoms with Crippen molar-refractivity contribution in [1.82, 2.24) is 15.5 Å². The van der Waals surface area contributed by atoms with Gasteiger partial charge < -0.3 is 9.84 Å². The molecule has 1 aromatic rings. The molecule has 0 aromatic carbocycles. The summed E-state index contributed by atoms with van der Waals surface area (Å²) in [4.78, 5) is 4.61. The molecule has 1 N–H and O–H groups in total. The van der Waals surface area contributed by atoms with Crippen molar-refractivity contribution < 1.29 is 4.52 Å². The highest BCUT2D eigenvalue weighted by Crippen LogP contribution is 2.32. The minimum atomic E-state index is 0.411. The fourth-order valence-electron chi connectivity index (χ4n) is 2.87. The van der Waals surface area contributed by atoms with Crippen molar-refractivity contribution in [3.63, 3.8) is 0 Å². The summed E-state index contributed by atoms with van der Waals surface area (Å²) >= 11 is 0. The lowest BCUT2D eigenvalue weighted by molar-refractivity contribution is 0.262. The van der Waals surface area contributed by atoms with E-state index in [-0.39, 0.29) is 0 Å². The van der Waals surface area contributed by atoms with E-state index in [0.29, 0.717) is 17.9 Å². The summed E-state index contributed by atoms with van der Waals surface area (Å²) in [5.74, 6) is 2.70. The van der Waals surface area contributed by atoms with Crippen molar-refractivity contribution in [1.29, 1.82) is 0 Å². The van der Waals surface area contributed by atoms with Crippen LogP contribution in [-0.4, -0.2) is 22.7 Å². The van der Waals surface area contributed by atoms with Crippen LogP contribution < -0.4 is 5.32 Å². The van der Waals surface area contributed by atoms with E-state index < -0.39 is 0 Å². The van der Waals surface area contributed by atoms with E-state index in [4.69, 9.17) is 4.52 Å². The van der Waals surface area contributed by atoms with Gasteiger partial charge in [0.2, 0.25) is 5.89 Å². The summed E-state index contributed by atoms with van der Waals surface area (Å²) in [6.07, 6.45) is 7.06. The molecule has 4 nitrogen and oxygen atoms in total. The molecule has 0 aliphatic heterocycles. The molecular weight excluding hydrogens is 238 g/mol. The minimum Gasteiger partial charge on any atom is -0.339 e. The molecule has 1 fully saturated rings. The van der Waals surface area contributed by atoms with Gasteiger partial charge in [-0.15, -0.1) is 0 Å². The van der Waals surface area contributed by atoms with Gasteiger partial charge in [0.1, 0.15) is 0 Å². The largest absolute Gasteiger partial charge is 0.339 e. The summed E-state index contributed by atoms with van der Waals surface area (Å²) in [7, 11) is 0. The summed E-state index contributed by atoms with van der Waals surface area (Å²) in [5.41, 5.74) is 0. The van der Waals surface area contributed by atoms with Crippen LogP contribution in [0.15, 0.2) is 4.52 Å². The molecule has 1 aromatic heterocycles. The van der Waals surface area contributed by atoms with E-state index >= 15 is 0 Å². The monoisotopic (exact) mass is 265 g/mol. The average Bonchev–Trinajstić information content (AvgIpc) is 2.84. The van der Waals surface area contributed by atoms with Gasteiger partial charge in [-0.2, -0.15) is 4.98 Å². The molecule has 4 heteroatoms. The molecular formula is C15H27N3O. The smallest absolute Gasteiger partial charge is 0.231 e. The molecule has 0 spiro atoms. The Hall–Kier alpha value is -0.900. The number of aromatic nitrogens is 2. The second-order valence-electron chi connectivity index (χ2n) is 6.10. The van der Waals surface area contributed by atoms with Gasteiger partial charge >= 0.3 is 0 Å². The molecule has 0 saturated heterocycles. The van der Waals surface area contributed by atoms with Gasteiger partial charge in [0.25, 0.3) is 0 Å². The van der Waals surface area contributed by atoms with Crippen LogP contribution in [0.4, 0.5) is 0 Å². The maximum Gasteiger partial charge on any atom is 0.231 e. The zero-order chi connectivity index (χ0) is 13.7. The highest BCUT2D eigenvalue weighted by molar-refractivity contribution is 5.01. The molecule has 1 saturated carbocycles. The molecule has 0 bridgehead atoms. The van der Waals surface area contributed by atoms with E-state index in [1.807, 2.05) is 0 Å². The molecule has 1 heterocycles. The molecule has 108 valence electrons. The van der Waals surface area contributed by atoms with E-state index in [1.54, 1.807) is 0 Å². The third-order valence-corrected chi connectivity index (χ3v) is 3.81. The lowest BCUT2D eigenvalue weighted by Gasteiger charge is -2.29. The molecule has 0 radical (unpaired) electrons. The third-order valence-electron chi connectivity index (χ3n) is 3.81. The van der Waals surface area contributed by atoms with Crippen molar-refractivity contribution in [2.75, 3.05) is 6.54 Å². The summed E-state index contributed by atoms with van der Waals surface area (Å²) < 4.78 is 5.51. The van der Waals surface area contributed by atoms with Gasteiger partial charge in [-0.25, -0.2) is 0 Å². The Morgan fingerprint density at radius 1 is 1.32 bits per heavy atom. The molecule has 19 heavy (non-hydrogen) atoms.